The molecule has 1 nitrogen and oxygen atoms in total. The van der Waals surface area contributed by atoms with Gasteiger partial charge >= 0.3 is 6.18 Å². The maximum Gasteiger partial charge on any atom is 0.411 e. The van der Waals surface area contributed by atoms with Crippen molar-refractivity contribution in [1.29, 1.82) is 0 Å². The third-order valence-corrected chi connectivity index (χ3v) is 3.72. The topological polar surface area (TPSA) is 9.23 Å². The van der Waals surface area contributed by atoms with E-state index in [4.69, 9.17) is 11.6 Å². The van der Waals surface area contributed by atoms with Gasteiger partial charge in [-0.05, 0) is 36.5 Å². The number of alkyl halides is 4. The Bertz CT molecular complexity index is 384. The van der Waals surface area contributed by atoms with E-state index in [9.17, 15) is 13.2 Å². The largest absolute Gasteiger partial charge is 0.411 e. The average molecular weight is 360 g/mol. The van der Waals surface area contributed by atoms with Gasteiger partial charge in [0.25, 0.3) is 0 Å². The van der Waals surface area contributed by atoms with Gasteiger partial charge in [0.1, 0.15) is 6.61 Å². The highest BCUT2D eigenvalue weighted by molar-refractivity contribution is 9.09. The minimum Gasteiger partial charge on any atom is -0.372 e. The molecule has 0 amide bonds. The van der Waals surface area contributed by atoms with E-state index >= 15 is 0 Å². The summed E-state index contributed by atoms with van der Waals surface area (Å²) < 4.78 is 40.3. The lowest BCUT2D eigenvalue weighted by Crippen LogP contribution is -2.19. The smallest absolute Gasteiger partial charge is 0.372 e. The van der Waals surface area contributed by atoms with E-state index in [1.807, 2.05) is 18.2 Å². The van der Waals surface area contributed by atoms with Crippen LogP contribution in [0.15, 0.2) is 24.3 Å². The Morgan fingerprint density at radius 1 is 1.32 bits per heavy atom. The molecule has 1 aromatic carbocycles. The first kappa shape index (κ1) is 16.8. The fourth-order valence-corrected chi connectivity index (χ4v) is 2.43. The van der Waals surface area contributed by atoms with E-state index in [1.54, 1.807) is 6.07 Å². The molecular formula is C13H15BrClF3O. The Labute approximate surface area is 124 Å². The number of rotatable bonds is 7. The van der Waals surface area contributed by atoms with Gasteiger partial charge in [0, 0.05) is 17.0 Å². The molecule has 0 saturated carbocycles. The molecule has 0 aliphatic heterocycles. The van der Waals surface area contributed by atoms with Gasteiger partial charge in [-0.1, -0.05) is 39.7 Å². The number of benzene rings is 1. The monoisotopic (exact) mass is 358 g/mol. The molecule has 1 aromatic rings. The SMILES string of the molecule is FC(F)(F)COCCC(CBr)Cc1cccc(Cl)c1. The molecule has 0 spiro atoms. The summed E-state index contributed by atoms with van der Waals surface area (Å²) in [5.41, 5.74) is 1.08. The van der Waals surface area contributed by atoms with Gasteiger partial charge in [-0.15, -0.1) is 0 Å². The third-order valence-electron chi connectivity index (χ3n) is 2.57. The van der Waals surface area contributed by atoms with Gasteiger partial charge in [-0.2, -0.15) is 13.2 Å². The summed E-state index contributed by atoms with van der Waals surface area (Å²) in [6.45, 7) is -1.07. The standard InChI is InChI=1S/C13H15BrClF3O/c14-8-11(4-5-19-9-13(16,17)18)6-10-2-1-3-12(15)7-10/h1-3,7,11H,4-6,8-9H2. The molecule has 0 aliphatic carbocycles. The van der Waals surface area contributed by atoms with Gasteiger partial charge in [0.15, 0.2) is 0 Å². The van der Waals surface area contributed by atoms with Crippen LogP contribution in [0.25, 0.3) is 0 Å². The van der Waals surface area contributed by atoms with Crippen molar-refractivity contribution < 1.29 is 17.9 Å². The summed E-state index contributed by atoms with van der Waals surface area (Å²) in [5.74, 6) is 0.228. The van der Waals surface area contributed by atoms with E-state index in [1.165, 1.54) is 0 Å². The van der Waals surface area contributed by atoms with E-state index in [0.717, 1.165) is 17.3 Å². The first-order valence-corrected chi connectivity index (χ1v) is 7.35. The maximum absolute atomic E-state index is 11.9. The van der Waals surface area contributed by atoms with Gasteiger partial charge in [-0.25, -0.2) is 0 Å². The van der Waals surface area contributed by atoms with E-state index in [2.05, 4.69) is 20.7 Å². The number of hydrogen-bond acceptors (Lipinski definition) is 1. The van der Waals surface area contributed by atoms with Crippen LogP contribution in [0.4, 0.5) is 13.2 Å². The van der Waals surface area contributed by atoms with Crippen LogP contribution in [0.3, 0.4) is 0 Å². The molecule has 0 radical (unpaired) electrons. The first-order chi connectivity index (χ1) is 8.90. The van der Waals surface area contributed by atoms with Gasteiger partial charge in [-0.3, -0.25) is 0 Å². The second-order valence-corrected chi connectivity index (χ2v) is 5.39. The van der Waals surface area contributed by atoms with Crippen LogP contribution in [-0.2, 0) is 11.2 Å². The van der Waals surface area contributed by atoms with Crippen LogP contribution in [-0.4, -0.2) is 24.7 Å². The van der Waals surface area contributed by atoms with Crippen LogP contribution < -0.4 is 0 Å². The number of ether oxygens (including phenoxy) is 1. The Kier molecular flexibility index (Phi) is 7.18. The normalized spacial score (nSPS) is 13.5. The van der Waals surface area contributed by atoms with E-state index in [-0.39, 0.29) is 12.5 Å². The zero-order valence-electron chi connectivity index (χ0n) is 10.2. The van der Waals surface area contributed by atoms with Crippen molar-refractivity contribution in [2.24, 2.45) is 5.92 Å². The molecule has 1 unspecified atom stereocenters. The Morgan fingerprint density at radius 2 is 2.05 bits per heavy atom. The lowest BCUT2D eigenvalue weighted by molar-refractivity contribution is -0.174. The molecule has 6 heteroatoms. The minimum absolute atomic E-state index is 0.107. The molecule has 0 aliphatic rings. The fraction of sp³-hybridized carbons (Fsp3) is 0.538. The van der Waals surface area contributed by atoms with E-state index in [0.29, 0.717) is 11.4 Å². The molecule has 0 aromatic heterocycles. The molecule has 1 atom stereocenters. The third kappa shape index (κ3) is 7.80. The molecular weight excluding hydrogens is 344 g/mol. The molecule has 108 valence electrons. The van der Waals surface area contributed by atoms with Crippen molar-refractivity contribution in [2.45, 2.75) is 19.0 Å². The second kappa shape index (κ2) is 8.12. The molecule has 0 bridgehead atoms. The van der Waals surface area contributed by atoms with Gasteiger partial charge in [0.05, 0.1) is 0 Å². The molecule has 0 fully saturated rings. The van der Waals surface area contributed by atoms with Crippen molar-refractivity contribution in [3.63, 3.8) is 0 Å². The Hall–Kier alpha value is -0.260. The predicted octanol–water partition coefficient (Wildman–Crippen LogP) is 4.86. The lowest BCUT2D eigenvalue weighted by Gasteiger charge is -2.15. The summed E-state index contributed by atoms with van der Waals surface area (Å²) in [6.07, 6.45) is -2.91. The zero-order valence-corrected chi connectivity index (χ0v) is 12.6. The van der Waals surface area contributed by atoms with Gasteiger partial charge < -0.3 is 4.74 Å². The minimum atomic E-state index is -4.25. The van der Waals surface area contributed by atoms with Crippen LogP contribution in [0.5, 0.6) is 0 Å². The summed E-state index contributed by atoms with van der Waals surface area (Å²) in [4.78, 5) is 0. The van der Waals surface area contributed by atoms with Crippen molar-refractivity contribution in [2.75, 3.05) is 18.5 Å². The highest BCUT2D eigenvalue weighted by Gasteiger charge is 2.27. The quantitative estimate of drug-likeness (QED) is 0.499. The van der Waals surface area contributed by atoms with Gasteiger partial charge in [0.2, 0.25) is 0 Å². The Morgan fingerprint density at radius 3 is 2.63 bits per heavy atom. The number of halogens is 5. The molecule has 19 heavy (non-hydrogen) atoms. The summed E-state index contributed by atoms with van der Waals surface area (Å²) in [6, 6.07) is 7.48. The summed E-state index contributed by atoms with van der Waals surface area (Å²) >= 11 is 9.26. The summed E-state index contributed by atoms with van der Waals surface area (Å²) in [7, 11) is 0. The van der Waals surface area contributed by atoms with Crippen LogP contribution in [0.2, 0.25) is 5.02 Å². The van der Waals surface area contributed by atoms with Crippen molar-refractivity contribution in [1.82, 2.24) is 0 Å². The fourth-order valence-electron chi connectivity index (χ4n) is 1.67. The molecule has 0 heterocycles. The van der Waals surface area contributed by atoms with Crippen LogP contribution in [0, 0.1) is 5.92 Å². The molecule has 1 rings (SSSR count). The van der Waals surface area contributed by atoms with Crippen LogP contribution in [0.1, 0.15) is 12.0 Å². The van der Waals surface area contributed by atoms with Crippen molar-refractivity contribution in [3.8, 4) is 0 Å². The molecule has 0 N–H and O–H groups in total. The summed E-state index contributed by atoms with van der Waals surface area (Å²) in [5, 5.41) is 1.38. The predicted molar refractivity (Wildman–Crippen MR) is 73.9 cm³/mol. The molecule has 0 saturated heterocycles. The maximum atomic E-state index is 11.9. The van der Waals surface area contributed by atoms with E-state index < -0.39 is 12.8 Å². The average Bonchev–Trinajstić information content (AvgIpc) is 2.32. The van der Waals surface area contributed by atoms with Crippen molar-refractivity contribution >= 4 is 27.5 Å². The highest BCUT2D eigenvalue weighted by Crippen LogP contribution is 2.19. The highest BCUT2D eigenvalue weighted by atomic mass is 79.9. The first-order valence-electron chi connectivity index (χ1n) is 5.85. The van der Waals surface area contributed by atoms with Crippen LogP contribution >= 0.6 is 27.5 Å². The Balaban J connectivity index is 2.34. The number of hydrogen-bond donors (Lipinski definition) is 0. The second-order valence-electron chi connectivity index (χ2n) is 4.31. The van der Waals surface area contributed by atoms with Crippen molar-refractivity contribution in [3.05, 3.63) is 34.9 Å². The lowest BCUT2D eigenvalue weighted by atomic mass is 9.98. The zero-order chi connectivity index (χ0) is 14.3.